The molecule has 2 aromatic rings. The Labute approximate surface area is 124 Å². The highest BCUT2D eigenvalue weighted by Gasteiger charge is 2.24. The van der Waals surface area contributed by atoms with Gasteiger partial charge < -0.3 is 10.5 Å². The molecule has 0 saturated carbocycles. The number of nitrogen functional groups attached to an aromatic ring is 1. The van der Waals surface area contributed by atoms with Crippen molar-refractivity contribution in [2.24, 2.45) is 0 Å². The molecule has 0 radical (unpaired) electrons. The van der Waals surface area contributed by atoms with E-state index in [0.717, 1.165) is 17.5 Å². The number of rotatable bonds is 3. The standard InChI is InChI=1S/C18H19NO2/c1-12-14(7-4-8-16(12)19)17(20)11-18-15-6-3-2-5-13(15)9-10-21-18/h2-8,18H,9-11,19H2,1H3. The maximum atomic E-state index is 12.6. The summed E-state index contributed by atoms with van der Waals surface area (Å²) < 4.78 is 5.81. The lowest BCUT2D eigenvalue weighted by molar-refractivity contribution is 0.0352. The number of ketones is 1. The van der Waals surface area contributed by atoms with Crippen molar-refractivity contribution >= 4 is 11.5 Å². The third kappa shape index (κ3) is 2.69. The number of carbonyl (C=O) groups excluding carboxylic acids is 1. The fourth-order valence-corrected chi connectivity index (χ4v) is 2.88. The van der Waals surface area contributed by atoms with E-state index in [0.29, 0.717) is 24.3 Å². The van der Waals surface area contributed by atoms with Crippen molar-refractivity contribution < 1.29 is 9.53 Å². The van der Waals surface area contributed by atoms with Crippen LogP contribution in [0.15, 0.2) is 42.5 Å². The number of nitrogens with two attached hydrogens (primary N) is 1. The van der Waals surface area contributed by atoms with Crippen molar-refractivity contribution in [1.29, 1.82) is 0 Å². The van der Waals surface area contributed by atoms with E-state index in [1.807, 2.05) is 37.3 Å². The number of hydrogen-bond acceptors (Lipinski definition) is 3. The SMILES string of the molecule is Cc1c(N)cccc1C(=O)CC1OCCc2ccccc21. The first-order valence-corrected chi connectivity index (χ1v) is 7.24. The van der Waals surface area contributed by atoms with Gasteiger partial charge in [0.15, 0.2) is 5.78 Å². The minimum absolute atomic E-state index is 0.0847. The van der Waals surface area contributed by atoms with Gasteiger partial charge in [0.05, 0.1) is 12.7 Å². The van der Waals surface area contributed by atoms with Gasteiger partial charge in [-0.2, -0.15) is 0 Å². The maximum Gasteiger partial charge on any atom is 0.166 e. The van der Waals surface area contributed by atoms with Crippen LogP contribution in [0.25, 0.3) is 0 Å². The average Bonchev–Trinajstić information content (AvgIpc) is 2.50. The number of anilines is 1. The lowest BCUT2D eigenvalue weighted by atomic mass is 9.92. The van der Waals surface area contributed by atoms with Gasteiger partial charge in [-0.15, -0.1) is 0 Å². The summed E-state index contributed by atoms with van der Waals surface area (Å²) in [6.45, 7) is 2.56. The van der Waals surface area contributed by atoms with Crippen LogP contribution >= 0.6 is 0 Å². The molecule has 1 aliphatic rings. The van der Waals surface area contributed by atoms with Gasteiger partial charge >= 0.3 is 0 Å². The Hall–Kier alpha value is -2.13. The quantitative estimate of drug-likeness (QED) is 0.692. The van der Waals surface area contributed by atoms with E-state index in [2.05, 4.69) is 12.1 Å². The summed E-state index contributed by atoms with van der Waals surface area (Å²) in [6.07, 6.45) is 1.13. The lowest BCUT2D eigenvalue weighted by Gasteiger charge is -2.25. The molecule has 3 rings (SSSR count). The van der Waals surface area contributed by atoms with E-state index in [4.69, 9.17) is 10.5 Å². The molecule has 0 aliphatic carbocycles. The minimum atomic E-state index is -0.150. The fraction of sp³-hybridized carbons (Fsp3) is 0.278. The van der Waals surface area contributed by atoms with Crippen LogP contribution in [0.2, 0.25) is 0 Å². The molecule has 3 heteroatoms. The molecule has 2 aromatic carbocycles. The second-order valence-electron chi connectivity index (χ2n) is 5.46. The summed E-state index contributed by atoms with van der Waals surface area (Å²) in [5, 5.41) is 0. The highest BCUT2D eigenvalue weighted by Crippen LogP contribution is 2.31. The number of fused-ring (bicyclic) bond motifs is 1. The van der Waals surface area contributed by atoms with Crippen LogP contribution in [0.1, 0.15) is 39.6 Å². The predicted molar refractivity (Wildman–Crippen MR) is 83.4 cm³/mol. The van der Waals surface area contributed by atoms with Gasteiger partial charge in [-0.1, -0.05) is 36.4 Å². The van der Waals surface area contributed by atoms with E-state index in [1.165, 1.54) is 5.56 Å². The largest absolute Gasteiger partial charge is 0.398 e. The molecule has 0 spiro atoms. The summed E-state index contributed by atoms with van der Waals surface area (Å²) in [7, 11) is 0. The van der Waals surface area contributed by atoms with Gasteiger partial charge in [0.25, 0.3) is 0 Å². The Balaban J connectivity index is 1.85. The van der Waals surface area contributed by atoms with E-state index in [1.54, 1.807) is 0 Å². The third-order valence-corrected chi connectivity index (χ3v) is 4.14. The summed E-state index contributed by atoms with van der Waals surface area (Å²) >= 11 is 0. The van der Waals surface area contributed by atoms with Crippen molar-refractivity contribution in [3.63, 3.8) is 0 Å². The van der Waals surface area contributed by atoms with Crippen LogP contribution in [0.3, 0.4) is 0 Å². The molecule has 1 unspecified atom stereocenters. The van der Waals surface area contributed by atoms with E-state index >= 15 is 0 Å². The first-order valence-electron chi connectivity index (χ1n) is 7.24. The van der Waals surface area contributed by atoms with Gasteiger partial charge in [-0.05, 0) is 36.1 Å². The topological polar surface area (TPSA) is 52.3 Å². The summed E-state index contributed by atoms with van der Waals surface area (Å²) in [5.74, 6) is 0.0847. The van der Waals surface area contributed by atoms with Crippen molar-refractivity contribution in [1.82, 2.24) is 0 Å². The molecule has 1 atom stereocenters. The normalized spacial score (nSPS) is 17.3. The number of Topliss-reactive ketones (excluding diaryl/α,β-unsaturated/α-hetero) is 1. The fourth-order valence-electron chi connectivity index (χ4n) is 2.88. The Morgan fingerprint density at radius 3 is 2.90 bits per heavy atom. The zero-order valence-corrected chi connectivity index (χ0v) is 12.1. The van der Waals surface area contributed by atoms with Gasteiger partial charge in [0.1, 0.15) is 0 Å². The molecular formula is C18H19NO2. The third-order valence-electron chi connectivity index (χ3n) is 4.14. The van der Waals surface area contributed by atoms with Crippen molar-refractivity contribution in [2.75, 3.05) is 12.3 Å². The smallest absolute Gasteiger partial charge is 0.166 e. The Morgan fingerprint density at radius 2 is 2.05 bits per heavy atom. The second-order valence-corrected chi connectivity index (χ2v) is 5.46. The van der Waals surface area contributed by atoms with Crippen LogP contribution in [-0.2, 0) is 11.2 Å². The number of ether oxygens (including phenoxy) is 1. The Morgan fingerprint density at radius 1 is 1.24 bits per heavy atom. The molecule has 108 valence electrons. The summed E-state index contributed by atoms with van der Waals surface area (Å²) in [6, 6.07) is 13.7. The maximum absolute atomic E-state index is 12.6. The highest BCUT2D eigenvalue weighted by molar-refractivity contribution is 5.99. The van der Waals surface area contributed by atoms with Crippen LogP contribution in [0.5, 0.6) is 0 Å². The van der Waals surface area contributed by atoms with E-state index in [9.17, 15) is 4.79 Å². The molecule has 1 heterocycles. The molecule has 0 fully saturated rings. The molecule has 2 N–H and O–H groups in total. The molecule has 21 heavy (non-hydrogen) atoms. The zero-order valence-electron chi connectivity index (χ0n) is 12.1. The lowest BCUT2D eigenvalue weighted by Crippen LogP contribution is -2.19. The minimum Gasteiger partial charge on any atom is -0.398 e. The molecule has 3 nitrogen and oxygen atoms in total. The second kappa shape index (κ2) is 5.70. The van der Waals surface area contributed by atoms with Crippen LogP contribution in [0.4, 0.5) is 5.69 Å². The monoisotopic (exact) mass is 281 g/mol. The summed E-state index contributed by atoms with van der Waals surface area (Å²) in [4.78, 5) is 12.6. The van der Waals surface area contributed by atoms with E-state index < -0.39 is 0 Å². The van der Waals surface area contributed by atoms with Crippen molar-refractivity contribution in [2.45, 2.75) is 25.9 Å². The van der Waals surface area contributed by atoms with Crippen molar-refractivity contribution in [3.05, 3.63) is 64.7 Å². The molecular weight excluding hydrogens is 262 g/mol. The first-order chi connectivity index (χ1) is 10.2. The van der Waals surface area contributed by atoms with Crippen LogP contribution in [0, 0.1) is 6.92 Å². The molecule has 0 amide bonds. The van der Waals surface area contributed by atoms with E-state index in [-0.39, 0.29) is 11.9 Å². The molecule has 0 aromatic heterocycles. The predicted octanol–water partition coefficient (Wildman–Crippen LogP) is 3.46. The summed E-state index contributed by atoms with van der Waals surface area (Å²) in [5.41, 5.74) is 10.5. The Kier molecular flexibility index (Phi) is 3.76. The van der Waals surface area contributed by atoms with Gasteiger partial charge in [-0.25, -0.2) is 0 Å². The number of hydrogen-bond donors (Lipinski definition) is 1. The Bertz CT molecular complexity index is 679. The molecule has 1 aliphatic heterocycles. The van der Waals surface area contributed by atoms with Crippen LogP contribution < -0.4 is 5.73 Å². The first kappa shape index (κ1) is 13.8. The van der Waals surface area contributed by atoms with Gasteiger partial charge in [-0.3, -0.25) is 4.79 Å². The van der Waals surface area contributed by atoms with Crippen molar-refractivity contribution in [3.8, 4) is 0 Å². The number of carbonyl (C=O) groups is 1. The van der Waals surface area contributed by atoms with Crippen LogP contribution in [-0.4, -0.2) is 12.4 Å². The molecule has 0 bridgehead atoms. The zero-order chi connectivity index (χ0) is 14.8. The van der Waals surface area contributed by atoms with Gasteiger partial charge in [0, 0.05) is 17.7 Å². The average molecular weight is 281 g/mol. The number of benzene rings is 2. The van der Waals surface area contributed by atoms with Gasteiger partial charge in [0.2, 0.25) is 0 Å². The highest BCUT2D eigenvalue weighted by atomic mass is 16.5. The molecule has 0 saturated heterocycles.